The number of nitrogens with two attached hydrogens (primary N) is 1. The molecule has 2 rings (SSSR count). The first-order valence-corrected chi connectivity index (χ1v) is 5.62. The van der Waals surface area contributed by atoms with E-state index in [1.807, 2.05) is 6.07 Å². The highest BCUT2D eigenvalue weighted by atomic mass is 35.5. The number of nitriles is 1. The van der Waals surface area contributed by atoms with E-state index < -0.39 is 0 Å². The molecule has 0 amide bonds. The first-order chi connectivity index (χ1) is 8.61. The molecular weight excluding hydrogens is 273 g/mol. The van der Waals surface area contributed by atoms with E-state index in [9.17, 15) is 0 Å². The van der Waals surface area contributed by atoms with Crippen LogP contribution >= 0.6 is 23.2 Å². The number of para-hydroxylation sites is 1. The number of nitrogen functional groups attached to an aromatic ring is 1. The van der Waals surface area contributed by atoms with E-state index in [4.69, 9.17) is 34.2 Å². The second kappa shape index (κ2) is 5.08. The Bertz CT molecular complexity index is 613. The lowest BCUT2D eigenvalue weighted by Gasteiger charge is -2.08. The molecule has 0 aliphatic heterocycles. The van der Waals surface area contributed by atoms with Crippen molar-refractivity contribution in [2.75, 3.05) is 11.1 Å². The molecule has 0 aliphatic carbocycles. The van der Waals surface area contributed by atoms with Crippen molar-refractivity contribution in [3.05, 3.63) is 40.0 Å². The van der Waals surface area contributed by atoms with E-state index >= 15 is 0 Å². The van der Waals surface area contributed by atoms with Crippen LogP contribution in [0.15, 0.2) is 24.3 Å². The molecule has 2 aromatic rings. The predicted octanol–water partition coefficient (Wildman–Crippen LogP) is 2.98. The fourth-order valence-corrected chi connectivity index (χ4v) is 1.56. The van der Waals surface area contributed by atoms with E-state index in [1.54, 1.807) is 24.3 Å². The lowest BCUT2D eigenvalue weighted by Crippen LogP contribution is -2.02. The van der Waals surface area contributed by atoms with Gasteiger partial charge in [0, 0.05) is 0 Å². The quantitative estimate of drug-likeness (QED) is 0.825. The topological polar surface area (TPSA) is 87.6 Å². The predicted molar refractivity (Wildman–Crippen MR) is 70.9 cm³/mol. The van der Waals surface area contributed by atoms with Gasteiger partial charge in [-0.1, -0.05) is 35.3 Å². The average molecular weight is 280 g/mol. The van der Waals surface area contributed by atoms with Crippen LogP contribution in [0.3, 0.4) is 0 Å². The van der Waals surface area contributed by atoms with Crippen molar-refractivity contribution in [2.24, 2.45) is 0 Å². The molecule has 0 bridgehead atoms. The van der Waals surface area contributed by atoms with Gasteiger partial charge in [-0.3, -0.25) is 0 Å². The van der Waals surface area contributed by atoms with Gasteiger partial charge in [0.1, 0.15) is 16.9 Å². The smallest absolute Gasteiger partial charge is 0.230 e. The monoisotopic (exact) mass is 279 g/mol. The molecule has 1 heterocycles. The molecule has 1 aromatic carbocycles. The van der Waals surface area contributed by atoms with Crippen molar-refractivity contribution in [2.45, 2.75) is 0 Å². The van der Waals surface area contributed by atoms with Crippen LogP contribution in [0.2, 0.25) is 10.2 Å². The highest BCUT2D eigenvalue weighted by molar-refractivity contribution is 6.42. The lowest BCUT2D eigenvalue weighted by molar-refractivity contribution is 1.17. The summed E-state index contributed by atoms with van der Waals surface area (Å²) < 4.78 is 0. The molecule has 0 aliphatic rings. The molecule has 0 saturated heterocycles. The Kier molecular flexibility index (Phi) is 3.51. The van der Waals surface area contributed by atoms with Crippen LogP contribution in [0.25, 0.3) is 0 Å². The van der Waals surface area contributed by atoms with Gasteiger partial charge in [0.2, 0.25) is 5.95 Å². The molecule has 5 nitrogen and oxygen atoms in total. The third kappa shape index (κ3) is 2.45. The third-order valence-electron chi connectivity index (χ3n) is 2.13. The minimum Gasteiger partial charge on any atom is -0.382 e. The van der Waals surface area contributed by atoms with Gasteiger partial charge in [-0.2, -0.15) is 15.2 Å². The summed E-state index contributed by atoms with van der Waals surface area (Å²) in [7, 11) is 0. The summed E-state index contributed by atoms with van der Waals surface area (Å²) in [5.41, 5.74) is 6.60. The van der Waals surface area contributed by atoms with Gasteiger partial charge >= 0.3 is 0 Å². The molecule has 0 unspecified atom stereocenters. The SMILES string of the molecule is N#Cc1ccccc1Nc1nc(N)c(Cl)c(Cl)n1. The number of aromatic nitrogens is 2. The van der Waals surface area contributed by atoms with E-state index in [1.165, 1.54) is 0 Å². The molecule has 18 heavy (non-hydrogen) atoms. The summed E-state index contributed by atoms with van der Waals surface area (Å²) in [6.07, 6.45) is 0. The third-order valence-corrected chi connectivity index (χ3v) is 2.87. The molecule has 0 radical (unpaired) electrons. The number of halogens is 2. The second-order valence-electron chi connectivity index (χ2n) is 3.32. The molecule has 90 valence electrons. The molecule has 0 spiro atoms. The Morgan fingerprint density at radius 1 is 1.22 bits per heavy atom. The summed E-state index contributed by atoms with van der Waals surface area (Å²) in [6, 6.07) is 8.98. The Morgan fingerprint density at radius 2 is 1.94 bits per heavy atom. The zero-order valence-electron chi connectivity index (χ0n) is 8.98. The number of hydrogen-bond donors (Lipinski definition) is 2. The Labute approximate surface area is 113 Å². The first-order valence-electron chi connectivity index (χ1n) is 4.86. The Hall–Kier alpha value is -2.03. The summed E-state index contributed by atoms with van der Waals surface area (Å²) >= 11 is 11.5. The Morgan fingerprint density at radius 3 is 2.61 bits per heavy atom. The number of rotatable bonds is 2. The molecule has 0 saturated carbocycles. The van der Waals surface area contributed by atoms with E-state index in [0.717, 1.165) is 0 Å². The first kappa shape index (κ1) is 12.4. The van der Waals surface area contributed by atoms with E-state index in [0.29, 0.717) is 11.3 Å². The van der Waals surface area contributed by atoms with Crippen molar-refractivity contribution >= 4 is 40.7 Å². The summed E-state index contributed by atoms with van der Waals surface area (Å²) in [5, 5.41) is 12.0. The molecule has 0 atom stereocenters. The van der Waals surface area contributed by atoms with Crippen molar-refractivity contribution in [3.63, 3.8) is 0 Å². The van der Waals surface area contributed by atoms with Gasteiger partial charge in [0.15, 0.2) is 5.15 Å². The van der Waals surface area contributed by atoms with Gasteiger partial charge in [-0.05, 0) is 12.1 Å². The van der Waals surface area contributed by atoms with Gasteiger partial charge in [-0.25, -0.2) is 0 Å². The maximum absolute atomic E-state index is 8.95. The summed E-state index contributed by atoms with van der Waals surface area (Å²) in [6.45, 7) is 0. The van der Waals surface area contributed by atoms with Crippen LogP contribution in [-0.4, -0.2) is 9.97 Å². The van der Waals surface area contributed by atoms with Gasteiger partial charge in [0.05, 0.1) is 11.3 Å². The molecule has 3 N–H and O–H groups in total. The number of anilines is 3. The van der Waals surface area contributed by atoms with Crippen LogP contribution in [0, 0.1) is 11.3 Å². The molecule has 0 fully saturated rings. The highest BCUT2D eigenvalue weighted by Gasteiger charge is 2.09. The van der Waals surface area contributed by atoms with Crippen LogP contribution in [-0.2, 0) is 0 Å². The van der Waals surface area contributed by atoms with Gasteiger partial charge in [0.25, 0.3) is 0 Å². The molecule has 1 aromatic heterocycles. The van der Waals surface area contributed by atoms with E-state index in [-0.39, 0.29) is 21.9 Å². The van der Waals surface area contributed by atoms with Crippen LogP contribution in [0.5, 0.6) is 0 Å². The largest absolute Gasteiger partial charge is 0.382 e. The van der Waals surface area contributed by atoms with E-state index in [2.05, 4.69) is 15.3 Å². The van der Waals surface area contributed by atoms with Crippen molar-refractivity contribution < 1.29 is 0 Å². The normalized spacial score (nSPS) is 9.83. The zero-order chi connectivity index (χ0) is 13.1. The van der Waals surface area contributed by atoms with Crippen molar-refractivity contribution in [1.29, 1.82) is 5.26 Å². The van der Waals surface area contributed by atoms with Gasteiger partial charge in [-0.15, -0.1) is 0 Å². The fourth-order valence-electron chi connectivity index (χ4n) is 1.30. The van der Waals surface area contributed by atoms with Crippen molar-refractivity contribution in [3.8, 4) is 6.07 Å². The zero-order valence-corrected chi connectivity index (χ0v) is 10.5. The van der Waals surface area contributed by atoms with Crippen LogP contribution in [0.1, 0.15) is 5.56 Å². The van der Waals surface area contributed by atoms with Gasteiger partial charge < -0.3 is 11.1 Å². The highest BCUT2D eigenvalue weighted by Crippen LogP contribution is 2.27. The number of nitrogens with one attached hydrogen (secondary N) is 1. The Balaban J connectivity index is 2.38. The summed E-state index contributed by atoms with van der Waals surface area (Å²) in [4.78, 5) is 7.86. The lowest BCUT2D eigenvalue weighted by atomic mass is 10.2. The number of nitrogens with zero attached hydrogens (tertiary/aromatic N) is 3. The molecular formula is C11H7Cl2N5. The second-order valence-corrected chi connectivity index (χ2v) is 4.06. The minimum atomic E-state index is 0.0566. The van der Waals surface area contributed by atoms with Crippen LogP contribution < -0.4 is 11.1 Å². The standard InChI is InChI=1S/C11H7Cl2N5/c12-8-9(13)17-11(18-10(8)15)16-7-4-2-1-3-6(7)5-14/h1-4H,(H3,15,16,17,18). The minimum absolute atomic E-state index is 0.0566. The number of benzene rings is 1. The number of hydrogen-bond acceptors (Lipinski definition) is 5. The van der Waals surface area contributed by atoms with Crippen LogP contribution in [0.4, 0.5) is 17.5 Å². The fraction of sp³-hybridized carbons (Fsp3) is 0. The molecule has 7 heteroatoms. The maximum atomic E-state index is 8.95. The van der Waals surface area contributed by atoms with Crippen molar-refractivity contribution in [1.82, 2.24) is 9.97 Å². The summed E-state index contributed by atoms with van der Waals surface area (Å²) in [5.74, 6) is 0.262. The maximum Gasteiger partial charge on any atom is 0.230 e. The average Bonchev–Trinajstić information content (AvgIpc) is 2.36.